The van der Waals surface area contributed by atoms with Crippen LogP contribution in [0, 0.1) is 0 Å². The van der Waals surface area contributed by atoms with E-state index in [2.05, 4.69) is 61.5 Å². The molecule has 0 aliphatic heterocycles. The van der Waals surface area contributed by atoms with Gasteiger partial charge in [0.25, 0.3) is 0 Å². The molecule has 0 N–H and O–H groups in total. The van der Waals surface area contributed by atoms with Gasteiger partial charge in [-0.2, -0.15) is 0 Å². The molecule has 0 aromatic heterocycles. The summed E-state index contributed by atoms with van der Waals surface area (Å²) in [5.41, 5.74) is 4.18. The van der Waals surface area contributed by atoms with E-state index in [4.69, 9.17) is 0 Å². The Morgan fingerprint density at radius 1 is 1.36 bits per heavy atom. The molecule has 0 radical (unpaired) electrons. The van der Waals surface area contributed by atoms with Crippen LogP contribution >= 0.6 is 15.9 Å². The van der Waals surface area contributed by atoms with Gasteiger partial charge in [0.05, 0.1) is 0 Å². The summed E-state index contributed by atoms with van der Waals surface area (Å²) in [6, 6.07) is 6.41. The zero-order valence-corrected chi connectivity index (χ0v) is 10.7. The Kier molecular flexibility index (Phi) is 3.54. The third-order valence-electron chi connectivity index (χ3n) is 2.37. The molecule has 0 aliphatic rings. The van der Waals surface area contributed by atoms with Gasteiger partial charge in [0, 0.05) is 5.33 Å². The summed E-state index contributed by atoms with van der Waals surface area (Å²) in [6.07, 6.45) is 1.92. The largest absolute Gasteiger partial charge is 0.0985 e. The van der Waals surface area contributed by atoms with Gasteiger partial charge < -0.3 is 0 Å². The number of hydrogen-bond acceptors (Lipinski definition) is 0. The van der Waals surface area contributed by atoms with Crippen LogP contribution in [0.3, 0.4) is 0 Å². The van der Waals surface area contributed by atoms with Crippen LogP contribution in [0.5, 0.6) is 0 Å². The normalized spacial score (nSPS) is 11.4. The van der Waals surface area contributed by atoms with E-state index in [0.717, 1.165) is 5.33 Å². The molecule has 76 valence electrons. The summed E-state index contributed by atoms with van der Waals surface area (Å²) in [5.74, 6) is 0. The number of alkyl halides is 1. The minimum atomic E-state index is 0.197. The molecule has 14 heavy (non-hydrogen) atoms. The second-order valence-corrected chi connectivity index (χ2v) is 5.02. The van der Waals surface area contributed by atoms with Crippen molar-refractivity contribution in [2.24, 2.45) is 0 Å². The van der Waals surface area contributed by atoms with E-state index in [1.165, 1.54) is 16.7 Å². The number of rotatable bonds is 2. The highest BCUT2D eigenvalue weighted by Crippen LogP contribution is 2.29. The van der Waals surface area contributed by atoms with Crippen LogP contribution in [0.15, 0.2) is 24.8 Å². The molecular weight excluding hydrogens is 236 g/mol. The van der Waals surface area contributed by atoms with Crippen molar-refractivity contribution in [2.45, 2.75) is 31.5 Å². The van der Waals surface area contributed by atoms with Crippen molar-refractivity contribution in [1.82, 2.24) is 0 Å². The zero-order valence-electron chi connectivity index (χ0n) is 9.10. The summed E-state index contributed by atoms with van der Waals surface area (Å²) in [4.78, 5) is 0. The minimum absolute atomic E-state index is 0.197. The predicted octanol–water partition coefficient (Wildman–Crippen LogP) is 4.52. The SMILES string of the molecule is C=Cc1cccc(C(C)(C)C)c1CBr. The molecule has 1 aromatic rings. The van der Waals surface area contributed by atoms with Gasteiger partial charge in [0.2, 0.25) is 0 Å². The lowest BCUT2D eigenvalue weighted by molar-refractivity contribution is 0.585. The Labute approximate surface area is 95.2 Å². The molecular formula is C13H17Br. The summed E-state index contributed by atoms with van der Waals surface area (Å²) in [6.45, 7) is 10.6. The second kappa shape index (κ2) is 4.31. The van der Waals surface area contributed by atoms with Gasteiger partial charge in [-0.15, -0.1) is 0 Å². The van der Waals surface area contributed by atoms with Gasteiger partial charge in [0.15, 0.2) is 0 Å². The zero-order chi connectivity index (χ0) is 10.8. The molecule has 0 saturated carbocycles. The summed E-state index contributed by atoms with van der Waals surface area (Å²) in [7, 11) is 0. The highest BCUT2D eigenvalue weighted by Gasteiger charge is 2.18. The van der Waals surface area contributed by atoms with Crippen LogP contribution in [0.4, 0.5) is 0 Å². The number of halogens is 1. The Hall–Kier alpha value is -0.560. The first kappa shape index (κ1) is 11.5. The summed E-state index contributed by atoms with van der Waals surface area (Å²) >= 11 is 3.54. The molecule has 0 unspecified atom stereocenters. The van der Waals surface area contributed by atoms with Crippen LogP contribution in [-0.4, -0.2) is 0 Å². The lowest BCUT2D eigenvalue weighted by Crippen LogP contribution is -2.14. The Bertz CT molecular complexity index is 332. The van der Waals surface area contributed by atoms with E-state index in [-0.39, 0.29) is 5.41 Å². The van der Waals surface area contributed by atoms with Crippen molar-refractivity contribution in [3.05, 3.63) is 41.5 Å². The average molecular weight is 253 g/mol. The Balaban J connectivity index is 3.36. The monoisotopic (exact) mass is 252 g/mol. The summed E-state index contributed by atoms with van der Waals surface area (Å²) < 4.78 is 0. The maximum absolute atomic E-state index is 3.84. The minimum Gasteiger partial charge on any atom is -0.0985 e. The standard InChI is InChI=1S/C13H17Br/c1-5-10-7-6-8-12(11(10)9-14)13(2,3)4/h5-8H,1,9H2,2-4H3. The third kappa shape index (κ3) is 2.27. The van der Waals surface area contributed by atoms with Crippen molar-refractivity contribution in [3.63, 3.8) is 0 Å². The molecule has 1 heteroatoms. The second-order valence-electron chi connectivity index (χ2n) is 4.46. The Morgan fingerprint density at radius 3 is 2.43 bits per heavy atom. The summed E-state index contributed by atoms with van der Waals surface area (Å²) in [5, 5.41) is 0.891. The number of benzene rings is 1. The molecule has 0 amide bonds. The lowest BCUT2D eigenvalue weighted by Gasteiger charge is -2.23. The topological polar surface area (TPSA) is 0 Å². The van der Waals surface area contributed by atoms with Gasteiger partial charge in [-0.05, 0) is 22.1 Å². The van der Waals surface area contributed by atoms with Gasteiger partial charge in [0.1, 0.15) is 0 Å². The smallest absolute Gasteiger partial charge is 0.0291 e. The van der Waals surface area contributed by atoms with Crippen molar-refractivity contribution in [3.8, 4) is 0 Å². The van der Waals surface area contributed by atoms with Crippen LogP contribution in [-0.2, 0) is 10.7 Å². The molecule has 0 saturated heterocycles. The molecule has 0 fully saturated rings. The molecule has 0 nitrogen and oxygen atoms in total. The van der Waals surface area contributed by atoms with E-state index in [1.807, 2.05) is 6.08 Å². The fourth-order valence-electron chi connectivity index (χ4n) is 1.65. The van der Waals surface area contributed by atoms with E-state index in [1.54, 1.807) is 0 Å². The van der Waals surface area contributed by atoms with Gasteiger partial charge in [-0.25, -0.2) is 0 Å². The highest BCUT2D eigenvalue weighted by molar-refractivity contribution is 9.08. The predicted molar refractivity (Wildman–Crippen MR) is 67.9 cm³/mol. The molecule has 0 spiro atoms. The van der Waals surface area contributed by atoms with E-state index in [0.29, 0.717) is 0 Å². The molecule has 0 aliphatic carbocycles. The third-order valence-corrected chi connectivity index (χ3v) is 2.93. The van der Waals surface area contributed by atoms with Crippen molar-refractivity contribution >= 4 is 22.0 Å². The molecule has 0 bridgehead atoms. The maximum atomic E-state index is 3.84. The first-order chi connectivity index (χ1) is 6.50. The van der Waals surface area contributed by atoms with Crippen molar-refractivity contribution in [2.75, 3.05) is 0 Å². The van der Waals surface area contributed by atoms with E-state index < -0.39 is 0 Å². The quantitative estimate of drug-likeness (QED) is 0.679. The highest BCUT2D eigenvalue weighted by atomic mass is 79.9. The Morgan fingerprint density at radius 2 is 2.00 bits per heavy atom. The van der Waals surface area contributed by atoms with Crippen LogP contribution < -0.4 is 0 Å². The van der Waals surface area contributed by atoms with E-state index >= 15 is 0 Å². The maximum Gasteiger partial charge on any atom is 0.0291 e. The lowest BCUT2D eigenvalue weighted by atomic mass is 9.82. The van der Waals surface area contributed by atoms with Gasteiger partial charge >= 0.3 is 0 Å². The van der Waals surface area contributed by atoms with E-state index in [9.17, 15) is 0 Å². The molecule has 0 atom stereocenters. The van der Waals surface area contributed by atoms with Crippen LogP contribution in [0.1, 0.15) is 37.5 Å². The average Bonchev–Trinajstić information content (AvgIpc) is 2.15. The molecule has 1 rings (SSSR count). The molecule has 1 aromatic carbocycles. The van der Waals surface area contributed by atoms with Crippen LogP contribution in [0.2, 0.25) is 0 Å². The van der Waals surface area contributed by atoms with Crippen molar-refractivity contribution < 1.29 is 0 Å². The molecule has 0 heterocycles. The van der Waals surface area contributed by atoms with Gasteiger partial charge in [-0.3, -0.25) is 0 Å². The van der Waals surface area contributed by atoms with Crippen molar-refractivity contribution in [1.29, 1.82) is 0 Å². The first-order valence-electron chi connectivity index (χ1n) is 4.81. The fraction of sp³-hybridized carbons (Fsp3) is 0.385. The fourth-order valence-corrected chi connectivity index (χ4v) is 2.27. The van der Waals surface area contributed by atoms with Gasteiger partial charge in [-0.1, -0.05) is 67.6 Å². The van der Waals surface area contributed by atoms with Crippen LogP contribution in [0.25, 0.3) is 6.08 Å². The number of hydrogen-bond donors (Lipinski definition) is 0. The first-order valence-corrected chi connectivity index (χ1v) is 5.93.